The summed E-state index contributed by atoms with van der Waals surface area (Å²) in [7, 11) is 6.64. The second kappa shape index (κ2) is 12.8. The average Bonchev–Trinajstić information content (AvgIpc) is 3.74. The molecule has 15 heteroatoms. The van der Waals surface area contributed by atoms with E-state index in [2.05, 4.69) is 37.3 Å². The first-order valence-electron chi connectivity index (χ1n) is 14.3. The van der Waals surface area contributed by atoms with Crippen molar-refractivity contribution in [3.8, 4) is 40.1 Å². The number of piperazine rings is 1. The minimum Gasteiger partial charge on any atom is -0.493 e. The van der Waals surface area contributed by atoms with Crippen molar-refractivity contribution in [2.24, 2.45) is 0 Å². The molecular weight excluding hydrogens is 603 g/mol. The fourth-order valence-corrected chi connectivity index (χ4v) is 5.95. The first-order chi connectivity index (χ1) is 21.8. The van der Waals surface area contributed by atoms with Crippen LogP contribution in [0.1, 0.15) is 12.8 Å². The van der Waals surface area contributed by atoms with Crippen molar-refractivity contribution in [2.75, 3.05) is 59.5 Å². The van der Waals surface area contributed by atoms with Gasteiger partial charge in [-0.05, 0) is 38.2 Å². The molecule has 3 aromatic heterocycles. The van der Waals surface area contributed by atoms with Gasteiger partial charge in [0.1, 0.15) is 5.82 Å². The topological polar surface area (TPSA) is 137 Å². The van der Waals surface area contributed by atoms with E-state index in [9.17, 15) is 4.79 Å². The molecule has 0 aliphatic carbocycles. The van der Waals surface area contributed by atoms with Crippen LogP contribution in [0.4, 0.5) is 10.1 Å². The van der Waals surface area contributed by atoms with Crippen LogP contribution in [-0.2, 0) is 12.3 Å². The van der Waals surface area contributed by atoms with E-state index in [-0.39, 0.29) is 17.1 Å². The molecule has 0 atom stereocenters. The third-order valence-corrected chi connectivity index (χ3v) is 8.59. The van der Waals surface area contributed by atoms with Gasteiger partial charge in [0.15, 0.2) is 22.8 Å². The largest absolute Gasteiger partial charge is 0.493 e. The van der Waals surface area contributed by atoms with E-state index in [0.29, 0.717) is 68.4 Å². The normalized spacial score (nSPS) is 13.9. The smallest absolute Gasteiger partial charge is 0.248 e. The number of likely N-dealkylation sites (N-methyl/N-ethyl adjacent to an activating group) is 1. The van der Waals surface area contributed by atoms with Crippen LogP contribution in [0.15, 0.2) is 44.8 Å². The highest BCUT2D eigenvalue weighted by Crippen LogP contribution is 2.41. The molecule has 0 radical (unpaired) electrons. The molecule has 45 heavy (non-hydrogen) atoms. The molecule has 1 aliphatic rings. The van der Waals surface area contributed by atoms with Crippen LogP contribution in [0, 0.1) is 5.82 Å². The van der Waals surface area contributed by atoms with Crippen molar-refractivity contribution in [3.63, 3.8) is 0 Å². The predicted octanol–water partition coefficient (Wildman–Crippen LogP) is 4.07. The van der Waals surface area contributed by atoms with E-state index in [4.69, 9.17) is 18.6 Å². The molecule has 2 aromatic carbocycles. The lowest BCUT2D eigenvalue weighted by atomic mass is 10.1. The number of methoxy groups -OCH3 is 3. The molecule has 0 bridgehead atoms. The zero-order valence-electron chi connectivity index (χ0n) is 25.6. The van der Waals surface area contributed by atoms with E-state index in [1.54, 1.807) is 24.4 Å². The van der Waals surface area contributed by atoms with Crippen LogP contribution in [0.5, 0.6) is 17.2 Å². The maximum Gasteiger partial charge on any atom is 0.248 e. The highest BCUT2D eigenvalue weighted by atomic mass is 32.2. The van der Waals surface area contributed by atoms with Gasteiger partial charge in [0.2, 0.25) is 22.7 Å². The lowest BCUT2D eigenvalue weighted by molar-refractivity contribution is 0.312. The molecule has 0 unspecified atom stereocenters. The number of pyridine rings is 1. The summed E-state index contributed by atoms with van der Waals surface area (Å²) < 4.78 is 39.4. The second-order valence-corrected chi connectivity index (χ2v) is 11.4. The molecule has 0 spiro atoms. The molecule has 1 N–H and O–H groups in total. The monoisotopic (exact) mass is 636 g/mol. The second-order valence-electron chi connectivity index (χ2n) is 10.4. The van der Waals surface area contributed by atoms with Crippen molar-refractivity contribution in [1.82, 2.24) is 34.8 Å². The molecule has 1 aliphatic heterocycles. The number of hydrogen-bond acceptors (Lipinski definition) is 12. The first kappa shape index (κ1) is 30.4. The number of ether oxygens (including phenoxy) is 3. The zero-order chi connectivity index (χ0) is 31.7. The fourth-order valence-electron chi connectivity index (χ4n) is 5.31. The first-order valence-corrected chi connectivity index (χ1v) is 15.3. The van der Waals surface area contributed by atoms with Crippen LogP contribution >= 0.6 is 11.8 Å². The predicted molar refractivity (Wildman–Crippen MR) is 168 cm³/mol. The van der Waals surface area contributed by atoms with E-state index in [1.807, 2.05) is 16.4 Å². The van der Waals surface area contributed by atoms with Gasteiger partial charge in [0, 0.05) is 49.9 Å². The number of halogens is 1. The molecule has 236 valence electrons. The summed E-state index contributed by atoms with van der Waals surface area (Å²) in [5, 5.41) is 16.1. The number of fused-ring (bicyclic) bond motifs is 1. The van der Waals surface area contributed by atoms with E-state index >= 15 is 4.39 Å². The Morgan fingerprint density at radius 2 is 1.76 bits per heavy atom. The fraction of sp³-hybridized carbons (Fsp3) is 0.367. The molecule has 4 heterocycles. The number of rotatable bonds is 10. The van der Waals surface area contributed by atoms with Crippen LogP contribution in [-0.4, -0.2) is 89.4 Å². The molecule has 5 aromatic rings. The SMILES string of the molecule is CCn1cc(-c2nc(SCc3nnc(-c4cc(OC)c(OC)c(OC)c4)o3)n[nH]2)c(=O)c2cc(F)c(N3CCN(C)CC3)cc21. The van der Waals surface area contributed by atoms with E-state index in [1.165, 1.54) is 39.2 Å². The summed E-state index contributed by atoms with van der Waals surface area (Å²) in [6.45, 7) is 5.71. The van der Waals surface area contributed by atoms with Gasteiger partial charge in [-0.25, -0.2) is 9.37 Å². The number of nitrogens with one attached hydrogen (secondary N) is 1. The minimum atomic E-state index is -0.414. The molecule has 13 nitrogen and oxygen atoms in total. The summed E-state index contributed by atoms with van der Waals surface area (Å²) >= 11 is 1.26. The van der Waals surface area contributed by atoms with Crippen LogP contribution in [0.3, 0.4) is 0 Å². The van der Waals surface area contributed by atoms with Gasteiger partial charge in [-0.1, -0.05) is 11.8 Å². The number of aryl methyl sites for hydroxylation is 1. The Morgan fingerprint density at radius 3 is 2.42 bits per heavy atom. The van der Waals surface area contributed by atoms with Gasteiger partial charge in [0.05, 0.1) is 43.8 Å². The van der Waals surface area contributed by atoms with Gasteiger partial charge in [-0.3, -0.25) is 9.89 Å². The van der Waals surface area contributed by atoms with Crippen molar-refractivity contribution in [2.45, 2.75) is 24.4 Å². The number of thioether (sulfide) groups is 1. The summed E-state index contributed by atoms with van der Waals surface area (Å²) in [6, 6.07) is 6.56. The molecule has 1 fully saturated rings. The standard InChI is InChI=1S/C30H33FN8O5S/c1-6-38-15-19(26(40)18-13-20(31)22(14-21(18)38)39-9-7-37(2)8-10-39)28-32-30(36-34-28)45-16-25-33-35-29(44-25)17-11-23(41-3)27(43-5)24(12-17)42-4/h11-15H,6-10,16H2,1-5H3,(H,32,34,36). The zero-order valence-corrected chi connectivity index (χ0v) is 26.4. The number of benzene rings is 2. The number of H-pyrrole nitrogens is 1. The van der Waals surface area contributed by atoms with E-state index < -0.39 is 5.82 Å². The Labute approximate surface area is 262 Å². The Kier molecular flexibility index (Phi) is 8.63. The quantitative estimate of drug-likeness (QED) is 0.221. The lowest BCUT2D eigenvalue weighted by Gasteiger charge is -2.34. The molecule has 0 saturated carbocycles. The van der Waals surface area contributed by atoms with Crippen LogP contribution in [0.25, 0.3) is 33.7 Å². The maximum atomic E-state index is 15.4. The molecule has 6 rings (SSSR count). The van der Waals surface area contributed by atoms with Gasteiger partial charge in [0.25, 0.3) is 0 Å². The van der Waals surface area contributed by atoms with Crippen molar-refractivity contribution < 1.29 is 23.0 Å². The number of anilines is 1. The third-order valence-electron chi connectivity index (χ3n) is 7.76. The minimum absolute atomic E-state index is 0.278. The third kappa shape index (κ3) is 5.92. The van der Waals surface area contributed by atoms with Gasteiger partial charge in [-0.2, -0.15) is 0 Å². The number of nitrogens with zero attached hydrogens (tertiary/aromatic N) is 7. The van der Waals surface area contributed by atoms with Crippen LogP contribution in [0.2, 0.25) is 0 Å². The van der Waals surface area contributed by atoms with Crippen molar-refractivity contribution in [1.29, 1.82) is 0 Å². The summed E-state index contributed by atoms with van der Waals surface area (Å²) in [5.41, 5.74) is 1.77. The van der Waals surface area contributed by atoms with E-state index in [0.717, 1.165) is 26.2 Å². The average molecular weight is 637 g/mol. The summed E-state index contributed by atoms with van der Waals surface area (Å²) in [4.78, 5) is 22.4. The Bertz CT molecular complexity index is 1870. The Balaban J connectivity index is 1.22. The Morgan fingerprint density at radius 1 is 1.02 bits per heavy atom. The number of aromatic amines is 1. The van der Waals surface area contributed by atoms with Gasteiger partial charge < -0.3 is 33.0 Å². The molecule has 1 saturated heterocycles. The van der Waals surface area contributed by atoms with Crippen molar-refractivity contribution >= 4 is 28.4 Å². The Hall–Kier alpha value is -4.63. The summed E-state index contributed by atoms with van der Waals surface area (Å²) in [5.74, 6) is 2.16. The molecule has 0 amide bonds. The van der Waals surface area contributed by atoms with Gasteiger partial charge >= 0.3 is 0 Å². The molecular formula is C30H33FN8O5S. The van der Waals surface area contributed by atoms with Gasteiger partial charge in [-0.15, -0.1) is 15.3 Å². The summed E-state index contributed by atoms with van der Waals surface area (Å²) in [6.07, 6.45) is 1.74. The van der Waals surface area contributed by atoms with Crippen LogP contribution < -0.4 is 24.5 Å². The highest BCUT2D eigenvalue weighted by Gasteiger charge is 2.22. The maximum absolute atomic E-state index is 15.4. The number of aromatic nitrogens is 6. The number of hydrogen-bond donors (Lipinski definition) is 1. The highest BCUT2D eigenvalue weighted by molar-refractivity contribution is 7.98. The lowest BCUT2D eigenvalue weighted by Crippen LogP contribution is -2.44. The van der Waals surface area contributed by atoms with Crippen molar-refractivity contribution in [3.05, 3.63) is 52.4 Å².